The number of pyridine rings is 1. The zero-order valence-electron chi connectivity index (χ0n) is 11.5. The van der Waals surface area contributed by atoms with E-state index in [4.69, 9.17) is 0 Å². The molecular formula is C16H16N4. The Labute approximate surface area is 117 Å². The third-order valence-electron chi connectivity index (χ3n) is 3.36. The first-order valence-corrected chi connectivity index (χ1v) is 6.60. The molecule has 4 heteroatoms. The van der Waals surface area contributed by atoms with Gasteiger partial charge in [-0.15, -0.1) is 0 Å². The van der Waals surface area contributed by atoms with Gasteiger partial charge in [0.1, 0.15) is 5.82 Å². The van der Waals surface area contributed by atoms with Crippen molar-refractivity contribution in [1.82, 2.24) is 20.3 Å². The van der Waals surface area contributed by atoms with Crippen molar-refractivity contribution in [3.63, 3.8) is 0 Å². The molecule has 2 heterocycles. The van der Waals surface area contributed by atoms with Crippen LogP contribution in [0.4, 0.5) is 0 Å². The first-order chi connectivity index (χ1) is 9.79. The fourth-order valence-corrected chi connectivity index (χ4v) is 2.46. The topological polar surface area (TPSA) is 50.7 Å². The number of aromatic nitrogens is 3. The van der Waals surface area contributed by atoms with E-state index in [9.17, 15) is 0 Å². The monoisotopic (exact) mass is 264 g/mol. The summed E-state index contributed by atoms with van der Waals surface area (Å²) in [6.45, 7) is 1.90. The third-order valence-corrected chi connectivity index (χ3v) is 3.36. The molecule has 0 fully saturated rings. The zero-order chi connectivity index (χ0) is 13.9. The predicted octanol–water partition coefficient (Wildman–Crippen LogP) is 2.64. The van der Waals surface area contributed by atoms with Crippen molar-refractivity contribution in [3.05, 3.63) is 65.9 Å². The SMILES string of the molecule is CNC(c1ccnc(C)n1)c1cccc2cccnc12. The second kappa shape index (κ2) is 5.35. The van der Waals surface area contributed by atoms with Crippen molar-refractivity contribution in [3.8, 4) is 0 Å². The van der Waals surface area contributed by atoms with E-state index < -0.39 is 0 Å². The molecule has 100 valence electrons. The summed E-state index contributed by atoms with van der Waals surface area (Å²) in [5, 5.41) is 4.46. The lowest BCUT2D eigenvalue weighted by atomic mass is 10.00. The highest BCUT2D eigenvalue weighted by molar-refractivity contribution is 5.82. The molecule has 1 N–H and O–H groups in total. The third kappa shape index (κ3) is 2.26. The van der Waals surface area contributed by atoms with E-state index in [1.807, 2.05) is 32.3 Å². The number of nitrogens with one attached hydrogen (secondary N) is 1. The molecule has 0 aliphatic heterocycles. The van der Waals surface area contributed by atoms with Crippen LogP contribution in [0.2, 0.25) is 0 Å². The molecule has 0 bridgehead atoms. The quantitative estimate of drug-likeness (QED) is 0.790. The van der Waals surface area contributed by atoms with E-state index in [1.165, 1.54) is 0 Å². The van der Waals surface area contributed by atoms with E-state index in [-0.39, 0.29) is 6.04 Å². The van der Waals surface area contributed by atoms with E-state index in [0.717, 1.165) is 28.0 Å². The Morgan fingerprint density at radius 3 is 2.65 bits per heavy atom. The van der Waals surface area contributed by atoms with E-state index in [2.05, 4.69) is 44.5 Å². The zero-order valence-corrected chi connectivity index (χ0v) is 11.5. The normalized spacial score (nSPS) is 12.5. The molecule has 1 unspecified atom stereocenters. The predicted molar refractivity (Wildman–Crippen MR) is 79.4 cm³/mol. The summed E-state index contributed by atoms with van der Waals surface area (Å²) in [7, 11) is 1.93. The van der Waals surface area contributed by atoms with Crippen LogP contribution in [-0.4, -0.2) is 22.0 Å². The van der Waals surface area contributed by atoms with Crippen LogP contribution >= 0.6 is 0 Å². The van der Waals surface area contributed by atoms with Gasteiger partial charge in [0.25, 0.3) is 0 Å². The van der Waals surface area contributed by atoms with Gasteiger partial charge in [0.15, 0.2) is 0 Å². The van der Waals surface area contributed by atoms with Crippen molar-refractivity contribution in [2.75, 3.05) is 7.05 Å². The van der Waals surface area contributed by atoms with Gasteiger partial charge in [-0.05, 0) is 26.1 Å². The van der Waals surface area contributed by atoms with Crippen molar-refractivity contribution in [1.29, 1.82) is 0 Å². The molecule has 4 nitrogen and oxygen atoms in total. The van der Waals surface area contributed by atoms with Crippen LogP contribution in [0.15, 0.2) is 48.8 Å². The number of nitrogens with zero attached hydrogens (tertiary/aromatic N) is 3. The first kappa shape index (κ1) is 12.7. The van der Waals surface area contributed by atoms with E-state index >= 15 is 0 Å². The van der Waals surface area contributed by atoms with Crippen LogP contribution < -0.4 is 5.32 Å². The maximum atomic E-state index is 4.53. The van der Waals surface area contributed by atoms with Gasteiger partial charge in [-0.2, -0.15) is 0 Å². The lowest BCUT2D eigenvalue weighted by Crippen LogP contribution is -2.20. The molecule has 0 saturated heterocycles. The van der Waals surface area contributed by atoms with Gasteiger partial charge in [0.2, 0.25) is 0 Å². The van der Waals surface area contributed by atoms with Gasteiger partial charge in [-0.1, -0.05) is 24.3 Å². The molecule has 3 rings (SSSR count). The molecule has 20 heavy (non-hydrogen) atoms. The molecule has 1 aromatic carbocycles. The molecule has 0 aliphatic rings. The highest BCUT2D eigenvalue weighted by Crippen LogP contribution is 2.26. The molecule has 0 radical (unpaired) electrons. The highest BCUT2D eigenvalue weighted by Gasteiger charge is 2.16. The summed E-state index contributed by atoms with van der Waals surface area (Å²) in [5.41, 5.74) is 3.09. The average Bonchev–Trinajstić information content (AvgIpc) is 2.48. The van der Waals surface area contributed by atoms with Crippen LogP contribution in [0.1, 0.15) is 23.1 Å². The molecule has 0 aliphatic carbocycles. The van der Waals surface area contributed by atoms with Gasteiger partial charge in [0, 0.05) is 23.3 Å². The van der Waals surface area contributed by atoms with Gasteiger partial charge >= 0.3 is 0 Å². The number of rotatable bonds is 3. The second-order valence-electron chi connectivity index (χ2n) is 4.67. The van der Waals surface area contributed by atoms with Crippen molar-refractivity contribution >= 4 is 10.9 Å². The maximum Gasteiger partial charge on any atom is 0.125 e. The maximum absolute atomic E-state index is 4.53. The average molecular weight is 264 g/mol. The van der Waals surface area contributed by atoms with Gasteiger partial charge in [0.05, 0.1) is 17.3 Å². The fourth-order valence-electron chi connectivity index (χ4n) is 2.46. The summed E-state index contributed by atoms with van der Waals surface area (Å²) in [5.74, 6) is 0.774. The van der Waals surface area contributed by atoms with Crippen LogP contribution in [-0.2, 0) is 0 Å². The van der Waals surface area contributed by atoms with E-state index in [1.54, 1.807) is 6.20 Å². The van der Waals surface area contributed by atoms with Crippen molar-refractivity contribution < 1.29 is 0 Å². The summed E-state index contributed by atoms with van der Waals surface area (Å²) < 4.78 is 0. The summed E-state index contributed by atoms with van der Waals surface area (Å²) in [4.78, 5) is 13.2. The van der Waals surface area contributed by atoms with Crippen LogP contribution in [0.25, 0.3) is 10.9 Å². The Morgan fingerprint density at radius 2 is 1.85 bits per heavy atom. The molecule has 0 spiro atoms. The fraction of sp³-hybridized carbons (Fsp3) is 0.188. The van der Waals surface area contributed by atoms with Crippen molar-refractivity contribution in [2.24, 2.45) is 0 Å². The first-order valence-electron chi connectivity index (χ1n) is 6.60. The Hall–Kier alpha value is -2.33. The Morgan fingerprint density at radius 1 is 1.00 bits per heavy atom. The summed E-state index contributed by atoms with van der Waals surface area (Å²) in [6, 6.07) is 12.2. The van der Waals surface area contributed by atoms with Crippen LogP contribution in [0, 0.1) is 6.92 Å². The Kier molecular flexibility index (Phi) is 3.39. The molecule has 2 aromatic heterocycles. The molecule has 1 atom stereocenters. The minimum absolute atomic E-state index is 0.00954. The van der Waals surface area contributed by atoms with E-state index in [0.29, 0.717) is 0 Å². The van der Waals surface area contributed by atoms with Crippen molar-refractivity contribution in [2.45, 2.75) is 13.0 Å². The molecule has 3 aromatic rings. The Bertz CT molecular complexity index is 734. The number of hydrogen-bond acceptors (Lipinski definition) is 4. The molecular weight excluding hydrogens is 248 g/mol. The number of aryl methyl sites for hydroxylation is 1. The van der Waals surface area contributed by atoms with Crippen LogP contribution in [0.3, 0.4) is 0 Å². The number of benzene rings is 1. The molecule has 0 amide bonds. The minimum Gasteiger partial charge on any atom is -0.308 e. The lowest BCUT2D eigenvalue weighted by molar-refractivity contribution is 0.668. The lowest BCUT2D eigenvalue weighted by Gasteiger charge is -2.17. The number of fused-ring (bicyclic) bond motifs is 1. The Balaban J connectivity index is 2.17. The standard InChI is InChI=1S/C16H16N4/c1-11-18-10-8-14(20-11)16(17-2)13-7-3-5-12-6-4-9-19-15(12)13/h3-10,16-17H,1-2H3. The number of para-hydroxylation sites is 1. The van der Waals surface area contributed by atoms with Gasteiger partial charge < -0.3 is 5.32 Å². The smallest absolute Gasteiger partial charge is 0.125 e. The summed E-state index contributed by atoms with van der Waals surface area (Å²) >= 11 is 0. The van der Waals surface area contributed by atoms with Crippen LogP contribution in [0.5, 0.6) is 0 Å². The second-order valence-corrected chi connectivity index (χ2v) is 4.67. The highest BCUT2D eigenvalue weighted by atomic mass is 14.9. The summed E-state index contributed by atoms with van der Waals surface area (Å²) in [6.07, 6.45) is 3.62. The van der Waals surface area contributed by atoms with Gasteiger partial charge in [-0.3, -0.25) is 4.98 Å². The molecule has 0 saturated carbocycles. The minimum atomic E-state index is 0.00954. The van der Waals surface area contributed by atoms with Gasteiger partial charge in [-0.25, -0.2) is 9.97 Å². The number of hydrogen-bond donors (Lipinski definition) is 1. The largest absolute Gasteiger partial charge is 0.308 e.